The molecule has 100 valence electrons. The minimum absolute atomic E-state index is 0.177. The normalized spacial score (nSPS) is 12.6. The summed E-state index contributed by atoms with van der Waals surface area (Å²) in [5.41, 5.74) is 1.17. The molecule has 0 saturated heterocycles. The standard InChI is InChI=1S/C14H16N2O3/c1-8(2)11(14(18)19)16-13(17)10-5-3-4-9-6-7-15-12(9)10/h3-8,11,15H,1-2H3,(H,16,17)(H,18,19)/t11-/m0/s1. The van der Waals surface area contributed by atoms with E-state index < -0.39 is 12.0 Å². The topological polar surface area (TPSA) is 82.2 Å². The van der Waals surface area contributed by atoms with Crippen molar-refractivity contribution in [1.29, 1.82) is 0 Å². The fourth-order valence-electron chi connectivity index (χ4n) is 2.01. The quantitative estimate of drug-likeness (QED) is 0.786. The molecule has 0 saturated carbocycles. The first kappa shape index (κ1) is 13.1. The Morgan fingerprint density at radius 2 is 2.00 bits per heavy atom. The molecule has 0 aliphatic carbocycles. The molecule has 0 aliphatic heterocycles. The number of benzene rings is 1. The molecule has 1 amide bonds. The minimum atomic E-state index is -1.03. The summed E-state index contributed by atoms with van der Waals surface area (Å²) in [6.07, 6.45) is 1.75. The number of carboxylic acids is 1. The van der Waals surface area contributed by atoms with Crippen LogP contribution in [0, 0.1) is 5.92 Å². The highest BCUT2D eigenvalue weighted by Crippen LogP contribution is 2.17. The van der Waals surface area contributed by atoms with E-state index in [9.17, 15) is 9.59 Å². The third kappa shape index (κ3) is 2.59. The molecule has 1 heterocycles. The van der Waals surface area contributed by atoms with Gasteiger partial charge in [-0.3, -0.25) is 4.79 Å². The molecule has 1 atom stereocenters. The van der Waals surface area contributed by atoms with E-state index in [0.717, 1.165) is 5.39 Å². The SMILES string of the molecule is CC(C)[C@H](NC(=O)c1cccc2cc[nH]c12)C(=O)O. The fraction of sp³-hybridized carbons (Fsp3) is 0.286. The van der Waals surface area contributed by atoms with Crippen molar-refractivity contribution >= 4 is 22.8 Å². The molecule has 5 heteroatoms. The Hall–Kier alpha value is -2.30. The largest absolute Gasteiger partial charge is 0.480 e. The van der Waals surface area contributed by atoms with E-state index in [1.807, 2.05) is 12.1 Å². The van der Waals surface area contributed by atoms with Crippen LogP contribution < -0.4 is 5.32 Å². The first-order valence-corrected chi connectivity index (χ1v) is 6.10. The van der Waals surface area contributed by atoms with E-state index >= 15 is 0 Å². The maximum atomic E-state index is 12.2. The number of aromatic nitrogens is 1. The number of aromatic amines is 1. The van der Waals surface area contributed by atoms with Crippen LogP contribution in [-0.4, -0.2) is 28.0 Å². The molecule has 0 unspecified atom stereocenters. The van der Waals surface area contributed by atoms with E-state index in [2.05, 4.69) is 10.3 Å². The van der Waals surface area contributed by atoms with Gasteiger partial charge in [-0.25, -0.2) is 4.79 Å². The van der Waals surface area contributed by atoms with Crippen molar-refractivity contribution in [3.8, 4) is 0 Å². The lowest BCUT2D eigenvalue weighted by atomic mass is 10.0. The van der Waals surface area contributed by atoms with Gasteiger partial charge in [-0.1, -0.05) is 26.0 Å². The maximum absolute atomic E-state index is 12.2. The number of H-pyrrole nitrogens is 1. The zero-order valence-electron chi connectivity index (χ0n) is 10.8. The van der Waals surface area contributed by atoms with Gasteiger partial charge < -0.3 is 15.4 Å². The summed E-state index contributed by atoms with van der Waals surface area (Å²) in [5, 5.41) is 12.6. The maximum Gasteiger partial charge on any atom is 0.326 e. The summed E-state index contributed by atoms with van der Waals surface area (Å²) in [5.74, 6) is -1.58. The van der Waals surface area contributed by atoms with Gasteiger partial charge in [0.1, 0.15) is 6.04 Å². The average Bonchev–Trinajstić information content (AvgIpc) is 2.82. The van der Waals surface area contributed by atoms with Gasteiger partial charge in [0.2, 0.25) is 0 Å². The molecule has 1 aromatic carbocycles. The second kappa shape index (κ2) is 5.14. The third-order valence-electron chi connectivity index (χ3n) is 3.05. The van der Waals surface area contributed by atoms with Gasteiger partial charge in [0.05, 0.1) is 11.1 Å². The Balaban J connectivity index is 2.29. The van der Waals surface area contributed by atoms with Crippen LogP contribution in [0.3, 0.4) is 0 Å². The molecule has 0 aliphatic rings. The van der Waals surface area contributed by atoms with E-state index in [0.29, 0.717) is 11.1 Å². The van der Waals surface area contributed by atoms with Crippen LogP contribution in [0.25, 0.3) is 10.9 Å². The van der Waals surface area contributed by atoms with Crippen LogP contribution in [0.15, 0.2) is 30.5 Å². The molecule has 5 nitrogen and oxygen atoms in total. The van der Waals surface area contributed by atoms with E-state index in [1.54, 1.807) is 32.2 Å². The van der Waals surface area contributed by atoms with Crippen LogP contribution in [0.5, 0.6) is 0 Å². The molecule has 2 aromatic rings. The highest BCUT2D eigenvalue weighted by atomic mass is 16.4. The molecule has 0 fully saturated rings. The number of carbonyl (C=O) groups excluding carboxylic acids is 1. The van der Waals surface area contributed by atoms with Crippen LogP contribution in [-0.2, 0) is 4.79 Å². The van der Waals surface area contributed by atoms with Gasteiger partial charge in [0.15, 0.2) is 0 Å². The minimum Gasteiger partial charge on any atom is -0.480 e. The van der Waals surface area contributed by atoms with Crippen LogP contribution in [0.1, 0.15) is 24.2 Å². The highest BCUT2D eigenvalue weighted by Gasteiger charge is 2.24. The number of nitrogens with one attached hydrogen (secondary N) is 2. The van der Waals surface area contributed by atoms with Crippen LogP contribution >= 0.6 is 0 Å². The number of fused-ring (bicyclic) bond motifs is 1. The van der Waals surface area contributed by atoms with Gasteiger partial charge >= 0.3 is 5.97 Å². The smallest absolute Gasteiger partial charge is 0.326 e. The average molecular weight is 260 g/mol. The summed E-state index contributed by atoms with van der Waals surface area (Å²) in [6.45, 7) is 3.52. The zero-order chi connectivity index (χ0) is 14.0. The van der Waals surface area contributed by atoms with Crippen molar-refractivity contribution in [3.05, 3.63) is 36.0 Å². The predicted octanol–water partition coefficient (Wildman–Crippen LogP) is 2.01. The van der Waals surface area contributed by atoms with Crippen LogP contribution in [0.4, 0.5) is 0 Å². The van der Waals surface area contributed by atoms with Crippen LogP contribution in [0.2, 0.25) is 0 Å². The Kier molecular flexibility index (Phi) is 3.55. The van der Waals surface area contributed by atoms with Gasteiger partial charge in [-0.05, 0) is 18.1 Å². The van der Waals surface area contributed by atoms with Crippen molar-refractivity contribution in [2.24, 2.45) is 5.92 Å². The number of amides is 1. The second-order valence-electron chi connectivity index (χ2n) is 4.78. The lowest BCUT2D eigenvalue weighted by molar-refractivity contribution is -0.140. The number of carbonyl (C=O) groups is 2. The number of rotatable bonds is 4. The molecule has 1 aromatic heterocycles. The fourth-order valence-corrected chi connectivity index (χ4v) is 2.01. The van der Waals surface area contributed by atoms with Crippen molar-refractivity contribution in [1.82, 2.24) is 10.3 Å². The second-order valence-corrected chi connectivity index (χ2v) is 4.78. The van der Waals surface area contributed by atoms with Crippen molar-refractivity contribution in [3.63, 3.8) is 0 Å². The van der Waals surface area contributed by atoms with Gasteiger partial charge in [0, 0.05) is 11.6 Å². The van der Waals surface area contributed by atoms with E-state index in [1.165, 1.54) is 0 Å². The number of para-hydroxylation sites is 1. The molecule has 3 N–H and O–H groups in total. The first-order chi connectivity index (χ1) is 9.00. The summed E-state index contributed by atoms with van der Waals surface area (Å²) < 4.78 is 0. The van der Waals surface area contributed by atoms with Gasteiger partial charge in [0.25, 0.3) is 5.91 Å². The molecule has 19 heavy (non-hydrogen) atoms. The number of carboxylic acid groups (broad SMARTS) is 1. The summed E-state index contributed by atoms with van der Waals surface area (Å²) in [7, 11) is 0. The lowest BCUT2D eigenvalue weighted by Gasteiger charge is -2.18. The Morgan fingerprint density at radius 3 is 2.63 bits per heavy atom. The Labute approximate surface area is 110 Å². The lowest BCUT2D eigenvalue weighted by Crippen LogP contribution is -2.44. The number of aliphatic carboxylic acids is 1. The summed E-state index contributed by atoms with van der Waals surface area (Å²) in [4.78, 5) is 26.3. The zero-order valence-corrected chi connectivity index (χ0v) is 10.8. The van der Waals surface area contributed by atoms with E-state index in [-0.39, 0.29) is 11.8 Å². The van der Waals surface area contributed by atoms with Crippen molar-refractivity contribution in [2.75, 3.05) is 0 Å². The van der Waals surface area contributed by atoms with Gasteiger partial charge in [-0.15, -0.1) is 0 Å². The summed E-state index contributed by atoms with van der Waals surface area (Å²) >= 11 is 0. The predicted molar refractivity (Wildman–Crippen MR) is 72.0 cm³/mol. The molecule has 0 radical (unpaired) electrons. The monoisotopic (exact) mass is 260 g/mol. The Morgan fingerprint density at radius 1 is 1.26 bits per heavy atom. The third-order valence-corrected chi connectivity index (χ3v) is 3.05. The van der Waals surface area contributed by atoms with Crippen molar-refractivity contribution < 1.29 is 14.7 Å². The summed E-state index contributed by atoms with van der Waals surface area (Å²) in [6, 6.07) is 6.31. The molecule has 0 bridgehead atoms. The molecular weight excluding hydrogens is 244 g/mol. The molecular formula is C14H16N2O3. The molecule has 2 rings (SSSR count). The number of hydrogen-bond donors (Lipinski definition) is 3. The van der Waals surface area contributed by atoms with Crippen molar-refractivity contribution in [2.45, 2.75) is 19.9 Å². The number of hydrogen-bond acceptors (Lipinski definition) is 2. The highest BCUT2D eigenvalue weighted by molar-refractivity contribution is 6.06. The molecule has 0 spiro atoms. The Bertz CT molecular complexity index is 616. The first-order valence-electron chi connectivity index (χ1n) is 6.10. The van der Waals surface area contributed by atoms with Gasteiger partial charge in [-0.2, -0.15) is 0 Å². The van der Waals surface area contributed by atoms with E-state index in [4.69, 9.17) is 5.11 Å².